The first-order valence-corrected chi connectivity index (χ1v) is 3.68. The lowest BCUT2D eigenvalue weighted by Crippen LogP contribution is -1.68. The molecule has 0 atom stereocenters. The van der Waals surface area contributed by atoms with Crippen LogP contribution in [-0.2, 0) is 0 Å². The zero-order valence-corrected chi connectivity index (χ0v) is 6.40. The highest BCUT2D eigenvalue weighted by Crippen LogP contribution is 1.96. The van der Waals surface area contributed by atoms with Gasteiger partial charge in [-0.05, 0) is 6.07 Å². The highest BCUT2D eigenvalue weighted by atomic mass is 32.1. The lowest BCUT2D eigenvalue weighted by molar-refractivity contribution is 0.566. The van der Waals surface area contributed by atoms with Crippen molar-refractivity contribution in [2.24, 2.45) is 0 Å². The molecule has 10 heavy (non-hydrogen) atoms. The van der Waals surface area contributed by atoms with E-state index in [1.807, 2.05) is 6.07 Å². The van der Waals surface area contributed by atoms with Crippen LogP contribution < -0.4 is 0 Å². The number of rotatable bonds is 1. The normalized spacial score (nSPS) is 8.50. The van der Waals surface area contributed by atoms with Gasteiger partial charge in [0.1, 0.15) is 6.26 Å². The van der Waals surface area contributed by atoms with E-state index in [2.05, 4.69) is 24.5 Å². The van der Waals surface area contributed by atoms with Gasteiger partial charge in [-0.3, -0.25) is 0 Å². The minimum absolute atomic E-state index is 0.810. The van der Waals surface area contributed by atoms with Crippen LogP contribution in [0.2, 0.25) is 0 Å². The molecule has 1 rings (SSSR count). The van der Waals surface area contributed by atoms with Crippen molar-refractivity contribution < 1.29 is 4.42 Å². The van der Waals surface area contributed by atoms with E-state index in [9.17, 15) is 0 Å². The smallest absolute Gasteiger partial charge is 0.106 e. The zero-order valence-electron chi connectivity index (χ0n) is 5.50. The molecule has 52 valence electrons. The molecule has 0 unspecified atom stereocenters. The molecular weight excluding hydrogens is 144 g/mol. The predicted molar refractivity (Wildman–Crippen MR) is 44.1 cm³/mol. The Kier molecular flexibility index (Phi) is 2.98. The van der Waals surface area contributed by atoms with Crippen LogP contribution in [0.3, 0.4) is 0 Å². The molecule has 0 bridgehead atoms. The Morgan fingerprint density at radius 1 is 1.60 bits per heavy atom. The molecule has 0 aliphatic rings. The fraction of sp³-hybridized carbons (Fsp3) is 0.250. The van der Waals surface area contributed by atoms with Crippen LogP contribution in [0.4, 0.5) is 0 Å². The van der Waals surface area contributed by atoms with Crippen molar-refractivity contribution in [2.75, 3.05) is 5.75 Å². The van der Waals surface area contributed by atoms with Gasteiger partial charge in [0, 0.05) is 12.2 Å². The third-order valence-corrected chi connectivity index (χ3v) is 1.21. The summed E-state index contributed by atoms with van der Waals surface area (Å²) in [5.74, 6) is 6.69. The molecule has 1 heterocycles. The van der Waals surface area contributed by atoms with Gasteiger partial charge in [-0.2, -0.15) is 12.6 Å². The highest BCUT2D eigenvalue weighted by Gasteiger charge is 1.83. The number of hydrogen-bond donors (Lipinski definition) is 1. The Balaban J connectivity index is 2.49. The summed E-state index contributed by atoms with van der Waals surface area (Å²) in [7, 11) is 0. The minimum Gasteiger partial charge on any atom is -0.471 e. The molecule has 0 N–H and O–H groups in total. The lowest BCUT2D eigenvalue weighted by atomic mass is 10.3. The average Bonchev–Trinajstić information content (AvgIpc) is 2.41. The summed E-state index contributed by atoms with van der Waals surface area (Å²) in [6.07, 6.45) is 4.07. The topological polar surface area (TPSA) is 13.1 Å². The van der Waals surface area contributed by atoms with E-state index in [0.29, 0.717) is 0 Å². The SMILES string of the molecule is SCCC#Cc1ccoc1. The predicted octanol–water partition coefficient (Wildman–Crippen LogP) is 1.95. The standard InChI is InChI=1S/C8H8OS/c10-6-2-1-3-8-4-5-9-7-8/h4-5,7,10H,2,6H2. The first kappa shape index (κ1) is 7.30. The van der Waals surface area contributed by atoms with Crippen LogP contribution in [0.1, 0.15) is 12.0 Å². The van der Waals surface area contributed by atoms with Crippen molar-refractivity contribution in [1.29, 1.82) is 0 Å². The van der Waals surface area contributed by atoms with Crippen molar-refractivity contribution in [3.05, 3.63) is 24.2 Å². The quantitative estimate of drug-likeness (QED) is 0.479. The van der Waals surface area contributed by atoms with Crippen molar-refractivity contribution in [2.45, 2.75) is 6.42 Å². The molecule has 0 aromatic carbocycles. The van der Waals surface area contributed by atoms with Gasteiger partial charge in [-0.25, -0.2) is 0 Å². The summed E-state index contributed by atoms with van der Waals surface area (Å²) >= 11 is 4.03. The molecule has 1 nitrogen and oxygen atoms in total. The molecule has 1 aromatic rings. The van der Waals surface area contributed by atoms with Gasteiger partial charge in [0.15, 0.2) is 0 Å². The number of thiol groups is 1. The van der Waals surface area contributed by atoms with Gasteiger partial charge in [0.25, 0.3) is 0 Å². The molecule has 0 saturated heterocycles. The second-order valence-corrected chi connectivity index (χ2v) is 2.23. The van der Waals surface area contributed by atoms with E-state index < -0.39 is 0 Å². The molecule has 0 aliphatic heterocycles. The Morgan fingerprint density at radius 3 is 3.10 bits per heavy atom. The summed E-state index contributed by atoms with van der Waals surface area (Å²) in [6.45, 7) is 0. The first-order chi connectivity index (χ1) is 4.93. The Labute approximate surface area is 65.8 Å². The summed E-state index contributed by atoms with van der Waals surface area (Å²) < 4.78 is 4.82. The maximum Gasteiger partial charge on any atom is 0.106 e. The van der Waals surface area contributed by atoms with Crippen LogP contribution in [0.25, 0.3) is 0 Å². The second-order valence-electron chi connectivity index (χ2n) is 1.79. The second kappa shape index (κ2) is 4.08. The van der Waals surface area contributed by atoms with Crippen LogP contribution in [0.5, 0.6) is 0 Å². The third kappa shape index (κ3) is 2.20. The monoisotopic (exact) mass is 152 g/mol. The molecule has 0 saturated carbocycles. The molecule has 0 radical (unpaired) electrons. The summed E-state index contributed by atoms with van der Waals surface area (Å²) in [5.41, 5.74) is 0.932. The largest absolute Gasteiger partial charge is 0.471 e. The van der Waals surface area contributed by atoms with Crippen LogP contribution in [-0.4, -0.2) is 5.75 Å². The van der Waals surface area contributed by atoms with Crippen molar-refractivity contribution in [3.8, 4) is 11.8 Å². The summed E-state index contributed by atoms with van der Waals surface area (Å²) in [4.78, 5) is 0. The summed E-state index contributed by atoms with van der Waals surface area (Å²) in [5, 5.41) is 0. The Morgan fingerprint density at radius 2 is 2.50 bits per heavy atom. The van der Waals surface area contributed by atoms with Crippen LogP contribution in [0, 0.1) is 11.8 Å². The van der Waals surface area contributed by atoms with Gasteiger partial charge in [0.05, 0.1) is 11.8 Å². The number of hydrogen-bond acceptors (Lipinski definition) is 2. The molecule has 2 heteroatoms. The Bertz CT molecular complexity index is 228. The number of furan rings is 1. The van der Waals surface area contributed by atoms with Gasteiger partial charge >= 0.3 is 0 Å². The maximum atomic E-state index is 4.82. The van der Waals surface area contributed by atoms with Gasteiger partial charge in [-0.15, -0.1) is 0 Å². The molecule has 1 aromatic heterocycles. The van der Waals surface area contributed by atoms with Crippen molar-refractivity contribution in [1.82, 2.24) is 0 Å². The summed E-state index contributed by atoms with van der Waals surface area (Å²) in [6, 6.07) is 1.84. The van der Waals surface area contributed by atoms with Gasteiger partial charge in [0.2, 0.25) is 0 Å². The van der Waals surface area contributed by atoms with E-state index in [4.69, 9.17) is 4.42 Å². The van der Waals surface area contributed by atoms with Crippen LogP contribution >= 0.6 is 12.6 Å². The van der Waals surface area contributed by atoms with E-state index in [1.54, 1.807) is 12.5 Å². The first-order valence-electron chi connectivity index (χ1n) is 3.05. The third-order valence-electron chi connectivity index (χ3n) is 0.991. The maximum absolute atomic E-state index is 4.82. The van der Waals surface area contributed by atoms with E-state index >= 15 is 0 Å². The fourth-order valence-electron chi connectivity index (χ4n) is 0.556. The molecule has 0 amide bonds. The molecule has 0 aliphatic carbocycles. The average molecular weight is 152 g/mol. The van der Waals surface area contributed by atoms with E-state index in [1.165, 1.54) is 0 Å². The minimum atomic E-state index is 0.810. The van der Waals surface area contributed by atoms with Crippen molar-refractivity contribution >= 4 is 12.6 Å². The highest BCUT2D eigenvalue weighted by molar-refractivity contribution is 7.80. The molecule has 0 fully saturated rings. The molecule has 0 spiro atoms. The molecular formula is C8H8OS. The van der Waals surface area contributed by atoms with Gasteiger partial charge in [-0.1, -0.05) is 11.8 Å². The van der Waals surface area contributed by atoms with Crippen LogP contribution in [0.15, 0.2) is 23.0 Å². The van der Waals surface area contributed by atoms with Gasteiger partial charge < -0.3 is 4.42 Å². The lowest BCUT2D eigenvalue weighted by Gasteiger charge is -1.76. The zero-order chi connectivity index (χ0) is 7.23. The van der Waals surface area contributed by atoms with E-state index in [-0.39, 0.29) is 0 Å². The Hall–Kier alpha value is -0.810. The van der Waals surface area contributed by atoms with Crippen molar-refractivity contribution in [3.63, 3.8) is 0 Å². The van der Waals surface area contributed by atoms with E-state index in [0.717, 1.165) is 17.7 Å². The fourth-order valence-corrected chi connectivity index (χ4v) is 0.668.